The molecule has 98 valence electrons. The van der Waals surface area contributed by atoms with E-state index in [9.17, 15) is 0 Å². The fourth-order valence-electron chi connectivity index (χ4n) is 1.36. The van der Waals surface area contributed by atoms with E-state index in [-0.39, 0.29) is 0 Å². The van der Waals surface area contributed by atoms with Crippen molar-refractivity contribution in [3.63, 3.8) is 0 Å². The summed E-state index contributed by atoms with van der Waals surface area (Å²) in [6, 6.07) is 10.6. The van der Waals surface area contributed by atoms with Crippen molar-refractivity contribution in [1.29, 1.82) is 0 Å². The van der Waals surface area contributed by atoms with Crippen LogP contribution in [0.4, 0.5) is 0 Å². The van der Waals surface area contributed by atoms with E-state index < -0.39 is 0 Å². The van der Waals surface area contributed by atoms with Crippen molar-refractivity contribution in [3.8, 4) is 0 Å². The van der Waals surface area contributed by atoms with Crippen molar-refractivity contribution >= 4 is 0 Å². The maximum atomic E-state index is 2.86. The Hall–Kier alpha value is -1.52. The highest BCUT2D eigenvalue weighted by atomic mass is 14.0. The zero-order valence-electron chi connectivity index (χ0n) is 12.2. The minimum Gasteiger partial charge on any atom is -0.121 e. The van der Waals surface area contributed by atoms with Crippen molar-refractivity contribution in [1.82, 2.24) is 0 Å². The van der Waals surface area contributed by atoms with Gasteiger partial charge in [0.15, 0.2) is 0 Å². The average molecular weight is 242 g/mol. The van der Waals surface area contributed by atoms with Crippen LogP contribution in [0, 0.1) is 5.92 Å². The largest absolute Gasteiger partial charge is 0.121 e. The molecule has 0 nitrogen and oxygen atoms in total. The van der Waals surface area contributed by atoms with Crippen LogP contribution in [-0.4, -0.2) is 0 Å². The highest BCUT2D eigenvalue weighted by molar-refractivity contribution is 5.17. The van der Waals surface area contributed by atoms with Crippen LogP contribution in [0.3, 0.4) is 0 Å². The van der Waals surface area contributed by atoms with Gasteiger partial charge in [-0.2, -0.15) is 0 Å². The summed E-state index contributed by atoms with van der Waals surface area (Å²) in [6.07, 6.45) is 10.1. The summed E-state index contributed by atoms with van der Waals surface area (Å²) in [5.74, 6) is 0.766. The molecule has 0 aromatic heterocycles. The van der Waals surface area contributed by atoms with Gasteiger partial charge in [0, 0.05) is 0 Å². The van der Waals surface area contributed by atoms with Gasteiger partial charge in [0.2, 0.25) is 0 Å². The molecule has 0 heterocycles. The maximum absolute atomic E-state index is 2.86. The number of rotatable bonds is 2. The van der Waals surface area contributed by atoms with E-state index in [2.05, 4.69) is 63.8 Å². The number of hydrogen-bond acceptors (Lipinski definition) is 0. The molecule has 0 saturated carbocycles. The summed E-state index contributed by atoms with van der Waals surface area (Å²) < 4.78 is 0. The zero-order chi connectivity index (χ0) is 13.6. The van der Waals surface area contributed by atoms with Crippen LogP contribution < -0.4 is 0 Å². The predicted octanol–water partition coefficient (Wildman–Crippen LogP) is 5.57. The van der Waals surface area contributed by atoms with Gasteiger partial charge < -0.3 is 0 Å². The van der Waals surface area contributed by atoms with Crippen LogP contribution in [0.15, 0.2) is 60.4 Å². The van der Waals surface area contributed by atoms with Gasteiger partial charge in [-0.1, -0.05) is 76.6 Å². The normalized spacial score (nSPS) is 10.7. The van der Waals surface area contributed by atoms with E-state index in [0.717, 1.165) is 5.92 Å². The van der Waals surface area contributed by atoms with E-state index in [1.807, 2.05) is 24.3 Å². The monoisotopic (exact) mass is 242 g/mol. The van der Waals surface area contributed by atoms with Crippen molar-refractivity contribution in [2.75, 3.05) is 0 Å². The molecule has 0 spiro atoms. The molecule has 1 aliphatic rings. The molecule has 0 bridgehead atoms. The Balaban J connectivity index is 0.000000301. The minimum absolute atomic E-state index is 0.766. The summed E-state index contributed by atoms with van der Waals surface area (Å²) in [5.41, 5.74) is 4.30. The number of benzene rings is 1. The van der Waals surface area contributed by atoms with Gasteiger partial charge in [-0.15, -0.1) is 5.73 Å². The Morgan fingerprint density at radius 2 is 1.44 bits per heavy atom. The lowest BCUT2D eigenvalue weighted by atomic mass is 10.0. The first-order chi connectivity index (χ1) is 8.70. The van der Waals surface area contributed by atoms with Crippen LogP contribution in [0.2, 0.25) is 0 Å². The predicted molar refractivity (Wildman–Crippen MR) is 82.7 cm³/mol. The second-order valence-electron chi connectivity index (χ2n) is 4.68. The second-order valence-corrected chi connectivity index (χ2v) is 4.68. The van der Waals surface area contributed by atoms with Gasteiger partial charge >= 0.3 is 0 Å². The molecular formula is C18H26. The van der Waals surface area contributed by atoms with Crippen LogP contribution >= 0.6 is 0 Å². The van der Waals surface area contributed by atoms with Crippen molar-refractivity contribution < 1.29 is 0 Å². The highest BCUT2D eigenvalue weighted by Crippen LogP contribution is 2.05. The molecule has 1 aliphatic carbocycles. The highest BCUT2D eigenvalue weighted by Gasteiger charge is 1.94. The molecule has 0 aliphatic heterocycles. The summed E-state index contributed by atoms with van der Waals surface area (Å²) >= 11 is 0. The molecule has 0 atom stereocenters. The SMILES string of the molecule is C1=CC=CC=1.CC(C)Cc1ccccc1.CCC. The lowest BCUT2D eigenvalue weighted by molar-refractivity contribution is 0.647. The third kappa shape index (κ3) is 11.0. The summed E-state index contributed by atoms with van der Waals surface area (Å²) in [5, 5.41) is 0. The van der Waals surface area contributed by atoms with Gasteiger partial charge in [-0.3, -0.25) is 0 Å². The number of hydrogen-bond donors (Lipinski definition) is 0. The standard InChI is InChI=1S/C10H14.C5H4.C3H8/c1-9(2)8-10-6-4-3-5-7-10;1-2-4-5-3-1;1-3-2/h3-7,9H,8H2,1-2H3;1-4H;3H2,1-2H3. The zero-order valence-corrected chi connectivity index (χ0v) is 12.2. The molecule has 18 heavy (non-hydrogen) atoms. The first-order valence-electron chi connectivity index (χ1n) is 6.82. The molecule has 1 aromatic rings. The van der Waals surface area contributed by atoms with E-state index >= 15 is 0 Å². The van der Waals surface area contributed by atoms with Gasteiger partial charge in [0.1, 0.15) is 0 Å². The van der Waals surface area contributed by atoms with Gasteiger partial charge in [-0.25, -0.2) is 0 Å². The average Bonchev–Trinajstić information content (AvgIpc) is 2.89. The van der Waals surface area contributed by atoms with Crippen LogP contribution in [0.25, 0.3) is 0 Å². The fourth-order valence-corrected chi connectivity index (χ4v) is 1.36. The van der Waals surface area contributed by atoms with Crippen molar-refractivity contribution in [3.05, 3.63) is 65.9 Å². The maximum Gasteiger partial charge on any atom is -0.0200 e. The van der Waals surface area contributed by atoms with Crippen molar-refractivity contribution in [2.45, 2.75) is 40.5 Å². The van der Waals surface area contributed by atoms with Gasteiger partial charge in [0.25, 0.3) is 0 Å². The molecule has 0 radical (unpaired) electrons. The lowest BCUT2D eigenvalue weighted by Gasteiger charge is -2.02. The van der Waals surface area contributed by atoms with Crippen LogP contribution in [0.1, 0.15) is 39.7 Å². The van der Waals surface area contributed by atoms with Crippen LogP contribution in [0.5, 0.6) is 0 Å². The molecule has 0 N–H and O–H groups in total. The molecular weight excluding hydrogens is 216 g/mol. The number of allylic oxidation sites excluding steroid dienone is 3. The molecule has 0 saturated heterocycles. The first kappa shape index (κ1) is 16.5. The first-order valence-corrected chi connectivity index (χ1v) is 6.82. The van der Waals surface area contributed by atoms with Crippen LogP contribution in [-0.2, 0) is 6.42 Å². The molecule has 0 fully saturated rings. The Morgan fingerprint density at radius 3 is 1.78 bits per heavy atom. The molecule has 0 unspecified atom stereocenters. The van der Waals surface area contributed by atoms with E-state index in [1.165, 1.54) is 18.4 Å². The summed E-state index contributed by atoms with van der Waals surface area (Å²) in [6.45, 7) is 8.74. The Bertz CT molecular complexity index is 352. The molecule has 0 amide bonds. The second kappa shape index (κ2) is 12.0. The van der Waals surface area contributed by atoms with E-state index in [0.29, 0.717) is 0 Å². The molecule has 0 heteroatoms. The van der Waals surface area contributed by atoms with E-state index in [4.69, 9.17) is 0 Å². The summed E-state index contributed by atoms with van der Waals surface area (Å²) in [7, 11) is 0. The smallest absolute Gasteiger partial charge is 0.0200 e. The topological polar surface area (TPSA) is 0 Å². The Kier molecular flexibility index (Phi) is 10.9. The minimum atomic E-state index is 0.766. The van der Waals surface area contributed by atoms with Crippen molar-refractivity contribution in [2.24, 2.45) is 5.92 Å². The Morgan fingerprint density at radius 1 is 0.944 bits per heavy atom. The third-order valence-electron chi connectivity index (χ3n) is 1.98. The molecule has 1 aromatic carbocycles. The third-order valence-corrected chi connectivity index (χ3v) is 1.98. The lowest BCUT2D eigenvalue weighted by Crippen LogP contribution is -1.92. The molecule has 2 rings (SSSR count). The van der Waals surface area contributed by atoms with E-state index in [1.54, 1.807) is 0 Å². The Labute approximate surface area is 113 Å². The summed E-state index contributed by atoms with van der Waals surface area (Å²) in [4.78, 5) is 0. The quantitative estimate of drug-likeness (QED) is 0.595. The van der Waals surface area contributed by atoms with Gasteiger partial charge in [-0.05, 0) is 30.1 Å². The van der Waals surface area contributed by atoms with Gasteiger partial charge in [0.05, 0.1) is 0 Å². The fraction of sp³-hybridized carbons (Fsp3) is 0.389.